The summed E-state index contributed by atoms with van der Waals surface area (Å²) < 4.78 is 83.4. The fourth-order valence-electron chi connectivity index (χ4n) is 3.20. The van der Waals surface area contributed by atoms with Crippen molar-refractivity contribution in [2.45, 2.75) is 12.7 Å². The van der Waals surface area contributed by atoms with Gasteiger partial charge in [-0.2, -0.15) is 0 Å². The fourth-order valence-corrected chi connectivity index (χ4v) is 3.20. The second-order valence-electron chi connectivity index (χ2n) is 6.57. The van der Waals surface area contributed by atoms with E-state index in [0.29, 0.717) is 11.3 Å². The second kappa shape index (κ2) is 7.57. The van der Waals surface area contributed by atoms with Crippen LogP contribution < -0.4 is 9.47 Å². The van der Waals surface area contributed by atoms with Crippen LogP contribution in [0.2, 0.25) is 0 Å². The molecule has 0 unspecified atom stereocenters. The highest BCUT2D eigenvalue weighted by Gasteiger charge is 2.31. The van der Waals surface area contributed by atoms with Gasteiger partial charge in [-0.25, -0.2) is 0 Å². The van der Waals surface area contributed by atoms with Gasteiger partial charge in [-0.3, -0.25) is 0 Å². The van der Waals surface area contributed by atoms with Crippen molar-refractivity contribution in [2.24, 2.45) is 0 Å². The van der Waals surface area contributed by atoms with Gasteiger partial charge in [-0.1, -0.05) is 18.2 Å². The van der Waals surface area contributed by atoms with Gasteiger partial charge in [-0.05, 0) is 65.7 Å². The molecule has 3 aromatic carbocycles. The zero-order chi connectivity index (χ0) is 22.2. The number of rotatable bonds is 4. The Bertz CT molecular complexity index is 1190. The van der Waals surface area contributed by atoms with Crippen molar-refractivity contribution in [2.75, 3.05) is 0 Å². The molecule has 0 atom stereocenters. The van der Waals surface area contributed by atoms with Gasteiger partial charge in [0.25, 0.3) is 0 Å². The molecule has 4 rings (SSSR count). The number of benzene rings is 3. The maximum Gasteiger partial charge on any atom is 0.573 e. The van der Waals surface area contributed by atoms with E-state index in [0.717, 1.165) is 16.5 Å². The molecule has 4 aromatic rings. The number of aromatic nitrogens is 1. The van der Waals surface area contributed by atoms with Crippen LogP contribution in [0.4, 0.5) is 26.3 Å². The number of hydrogen-bond donors (Lipinski definition) is 0. The van der Waals surface area contributed by atoms with Crippen LogP contribution in [0.25, 0.3) is 27.7 Å². The van der Waals surface area contributed by atoms with E-state index in [4.69, 9.17) is 0 Å². The van der Waals surface area contributed by atoms with E-state index in [2.05, 4.69) is 9.47 Å². The molecule has 3 nitrogen and oxygen atoms in total. The van der Waals surface area contributed by atoms with Crippen LogP contribution in [0.5, 0.6) is 11.5 Å². The van der Waals surface area contributed by atoms with Crippen molar-refractivity contribution in [3.05, 3.63) is 79.0 Å². The first-order valence-electron chi connectivity index (χ1n) is 8.91. The van der Waals surface area contributed by atoms with Crippen molar-refractivity contribution in [3.8, 4) is 28.3 Å². The van der Waals surface area contributed by atoms with E-state index >= 15 is 0 Å². The molecule has 31 heavy (non-hydrogen) atoms. The average molecular weight is 437 g/mol. The lowest BCUT2D eigenvalue weighted by Crippen LogP contribution is -2.17. The summed E-state index contributed by atoms with van der Waals surface area (Å²) in [6, 6.07) is 18.3. The van der Waals surface area contributed by atoms with Crippen LogP contribution in [0.15, 0.2) is 79.0 Å². The molecule has 0 fully saturated rings. The van der Waals surface area contributed by atoms with E-state index < -0.39 is 12.7 Å². The number of fused-ring (bicyclic) bond motifs is 1. The predicted octanol–water partition coefficient (Wildman–Crippen LogP) is 7.09. The number of halogens is 6. The molecule has 1 heterocycles. The summed E-state index contributed by atoms with van der Waals surface area (Å²) in [5, 5.41) is 0.851. The Labute approximate surface area is 172 Å². The highest BCUT2D eigenvalue weighted by Crippen LogP contribution is 2.30. The molecular formula is C22H13F6NO2. The molecule has 9 heteroatoms. The maximum atomic E-state index is 12.3. The van der Waals surface area contributed by atoms with Gasteiger partial charge in [0.1, 0.15) is 11.5 Å². The molecule has 0 aliphatic rings. The number of hydrogen-bond acceptors (Lipinski definition) is 2. The highest BCUT2D eigenvalue weighted by molar-refractivity contribution is 5.87. The van der Waals surface area contributed by atoms with Crippen molar-refractivity contribution in [3.63, 3.8) is 0 Å². The molecule has 0 radical (unpaired) electrons. The summed E-state index contributed by atoms with van der Waals surface area (Å²) in [7, 11) is 0. The summed E-state index contributed by atoms with van der Waals surface area (Å²) in [6.07, 6.45) is -7.73. The third-order valence-corrected chi connectivity index (χ3v) is 4.46. The van der Waals surface area contributed by atoms with Crippen molar-refractivity contribution in [1.29, 1.82) is 0 Å². The number of nitrogens with zero attached hydrogens (tertiary/aromatic N) is 1. The lowest BCUT2D eigenvalue weighted by atomic mass is 10.0. The van der Waals surface area contributed by atoms with Crippen LogP contribution >= 0.6 is 0 Å². The Morgan fingerprint density at radius 1 is 0.581 bits per heavy atom. The van der Waals surface area contributed by atoms with Gasteiger partial charge in [0.15, 0.2) is 0 Å². The summed E-state index contributed by atoms with van der Waals surface area (Å²) >= 11 is 0. The lowest BCUT2D eigenvalue weighted by molar-refractivity contribution is -0.275. The Morgan fingerprint density at radius 2 is 1.10 bits per heavy atom. The van der Waals surface area contributed by atoms with Crippen LogP contribution in [0.1, 0.15) is 0 Å². The first kappa shape index (κ1) is 20.6. The summed E-state index contributed by atoms with van der Waals surface area (Å²) in [5.41, 5.74) is 2.95. The van der Waals surface area contributed by atoms with E-state index in [-0.39, 0.29) is 11.5 Å². The minimum atomic E-state index is -4.75. The summed E-state index contributed by atoms with van der Waals surface area (Å²) in [4.78, 5) is 0. The van der Waals surface area contributed by atoms with E-state index in [1.807, 2.05) is 18.2 Å². The van der Waals surface area contributed by atoms with Crippen molar-refractivity contribution >= 4 is 10.9 Å². The van der Waals surface area contributed by atoms with Gasteiger partial charge in [0, 0.05) is 17.3 Å². The Morgan fingerprint density at radius 3 is 1.65 bits per heavy atom. The van der Waals surface area contributed by atoms with Gasteiger partial charge in [0.2, 0.25) is 0 Å². The van der Waals surface area contributed by atoms with Gasteiger partial charge < -0.3 is 14.0 Å². The second-order valence-corrected chi connectivity index (χ2v) is 6.57. The van der Waals surface area contributed by atoms with E-state index in [1.165, 1.54) is 48.5 Å². The first-order chi connectivity index (χ1) is 14.6. The van der Waals surface area contributed by atoms with Gasteiger partial charge in [-0.15, -0.1) is 26.3 Å². The SMILES string of the molecule is FC(F)(F)Oc1ccc(-c2ccc3c(ccn3-c3ccc(OC(F)(F)F)cc3)c2)cc1. The minimum Gasteiger partial charge on any atom is -0.406 e. The van der Waals surface area contributed by atoms with Crippen molar-refractivity contribution in [1.82, 2.24) is 4.57 Å². The Balaban J connectivity index is 1.58. The molecule has 0 aliphatic carbocycles. The van der Waals surface area contributed by atoms with Gasteiger partial charge in [0.05, 0.1) is 5.52 Å². The van der Waals surface area contributed by atoms with Gasteiger partial charge >= 0.3 is 12.7 Å². The van der Waals surface area contributed by atoms with E-state index in [9.17, 15) is 26.3 Å². The monoisotopic (exact) mass is 437 g/mol. The van der Waals surface area contributed by atoms with Crippen LogP contribution in [-0.4, -0.2) is 17.3 Å². The predicted molar refractivity (Wildman–Crippen MR) is 102 cm³/mol. The fraction of sp³-hybridized carbons (Fsp3) is 0.0909. The highest BCUT2D eigenvalue weighted by atomic mass is 19.4. The zero-order valence-electron chi connectivity index (χ0n) is 15.5. The smallest absolute Gasteiger partial charge is 0.406 e. The Kier molecular flexibility index (Phi) is 5.04. The molecule has 0 N–H and O–H groups in total. The molecular weight excluding hydrogens is 424 g/mol. The van der Waals surface area contributed by atoms with Crippen LogP contribution in [-0.2, 0) is 0 Å². The molecule has 0 saturated heterocycles. The average Bonchev–Trinajstić information content (AvgIpc) is 3.10. The van der Waals surface area contributed by atoms with E-state index in [1.54, 1.807) is 16.8 Å². The normalized spacial score (nSPS) is 12.2. The molecule has 0 bridgehead atoms. The molecule has 1 aromatic heterocycles. The topological polar surface area (TPSA) is 23.4 Å². The quantitative estimate of drug-likeness (QED) is 0.318. The number of alkyl halides is 6. The third-order valence-electron chi connectivity index (χ3n) is 4.46. The van der Waals surface area contributed by atoms with Crippen LogP contribution in [0, 0.1) is 0 Å². The molecule has 0 saturated carbocycles. The lowest BCUT2D eigenvalue weighted by Gasteiger charge is -2.11. The standard InChI is InChI=1S/C22H13F6NO2/c23-21(24,25)30-18-6-1-14(2-7-18)15-3-10-20-16(13-15)11-12-29(20)17-4-8-19(9-5-17)31-22(26,27)28/h1-13H. The largest absolute Gasteiger partial charge is 0.573 e. The Hall–Kier alpha value is -3.62. The van der Waals surface area contributed by atoms with Crippen LogP contribution in [0.3, 0.4) is 0 Å². The number of ether oxygens (including phenoxy) is 2. The first-order valence-corrected chi connectivity index (χ1v) is 8.91. The summed E-state index contributed by atoms with van der Waals surface area (Å²) in [5.74, 6) is -0.616. The zero-order valence-corrected chi connectivity index (χ0v) is 15.5. The molecule has 160 valence electrons. The molecule has 0 aliphatic heterocycles. The summed E-state index contributed by atoms with van der Waals surface area (Å²) in [6.45, 7) is 0. The molecule has 0 amide bonds. The molecule has 0 spiro atoms. The van der Waals surface area contributed by atoms with Crippen molar-refractivity contribution < 1.29 is 35.8 Å². The minimum absolute atomic E-state index is 0.304. The third kappa shape index (κ3) is 4.93. The maximum absolute atomic E-state index is 12.3.